The van der Waals surface area contributed by atoms with Gasteiger partial charge in [-0.25, -0.2) is 4.68 Å². The Kier molecular flexibility index (Phi) is 6.09. The molecule has 1 aliphatic rings. The molecule has 4 nitrogen and oxygen atoms in total. The van der Waals surface area contributed by atoms with Crippen LogP contribution in [0.4, 0.5) is 5.69 Å². The molecule has 1 N–H and O–H groups in total. The molecule has 0 bridgehead atoms. The lowest BCUT2D eigenvalue weighted by Gasteiger charge is -2.21. The molecule has 1 aromatic heterocycles. The minimum atomic E-state index is -0.201. The molecule has 1 saturated carbocycles. The van der Waals surface area contributed by atoms with Crippen LogP contribution in [0, 0.1) is 11.8 Å². The Morgan fingerprint density at radius 1 is 1.38 bits per heavy atom. The molecule has 0 saturated heterocycles. The molecule has 0 amide bonds. The zero-order valence-electron chi connectivity index (χ0n) is 13.1. The minimum absolute atomic E-state index is 0.201. The van der Waals surface area contributed by atoms with E-state index in [2.05, 4.69) is 24.3 Å². The zero-order chi connectivity index (χ0) is 15.2. The van der Waals surface area contributed by atoms with Gasteiger partial charge in [0.1, 0.15) is 5.02 Å². The summed E-state index contributed by atoms with van der Waals surface area (Å²) in [4.78, 5) is 12.1. The van der Waals surface area contributed by atoms with Gasteiger partial charge in [-0.3, -0.25) is 4.79 Å². The molecule has 2 rings (SSSR count). The van der Waals surface area contributed by atoms with Crippen molar-refractivity contribution in [1.82, 2.24) is 9.78 Å². The largest absolute Gasteiger partial charge is 0.382 e. The highest BCUT2D eigenvalue weighted by atomic mass is 35.5. The lowest BCUT2D eigenvalue weighted by Crippen LogP contribution is -2.26. The first-order chi connectivity index (χ1) is 10.1. The average molecular weight is 312 g/mol. The first kappa shape index (κ1) is 16.3. The predicted octanol–water partition coefficient (Wildman–Crippen LogP) is 3.94. The van der Waals surface area contributed by atoms with Crippen molar-refractivity contribution in [2.45, 2.75) is 58.9 Å². The smallest absolute Gasteiger partial charge is 0.287 e. The Bertz CT molecular complexity index is 507. The zero-order valence-corrected chi connectivity index (χ0v) is 13.8. The van der Waals surface area contributed by atoms with Crippen LogP contribution in [-0.2, 0) is 6.54 Å². The molecule has 1 aromatic rings. The molecule has 0 spiro atoms. The molecule has 1 heterocycles. The molecule has 0 aliphatic heterocycles. The first-order valence-corrected chi connectivity index (χ1v) is 8.45. The van der Waals surface area contributed by atoms with Gasteiger partial charge in [-0.2, -0.15) is 5.10 Å². The van der Waals surface area contributed by atoms with Crippen LogP contribution in [-0.4, -0.2) is 16.3 Å². The summed E-state index contributed by atoms with van der Waals surface area (Å²) in [5, 5.41) is 7.73. The highest BCUT2D eigenvalue weighted by Gasteiger charge is 2.14. The van der Waals surface area contributed by atoms with Gasteiger partial charge in [0, 0.05) is 13.1 Å². The number of hydrogen-bond donors (Lipinski definition) is 1. The maximum absolute atomic E-state index is 12.1. The number of anilines is 1. The summed E-state index contributed by atoms with van der Waals surface area (Å²) >= 11 is 6.17. The summed E-state index contributed by atoms with van der Waals surface area (Å²) in [6.07, 6.45) is 9.59. The van der Waals surface area contributed by atoms with Crippen LogP contribution in [0.3, 0.4) is 0 Å². The Morgan fingerprint density at radius 3 is 2.76 bits per heavy atom. The lowest BCUT2D eigenvalue weighted by molar-refractivity contribution is 0.345. The van der Waals surface area contributed by atoms with E-state index in [1.165, 1.54) is 36.8 Å². The second kappa shape index (κ2) is 7.83. The third kappa shape index (κ3) is 4.73. The quantitative estimate of drug-likeness (QED) is 0.865. The van der Waals surface area contributed by atoms with Crippen LogP contribution in [0.1, 0.15) is 52.4 Å². The van der Waals surface area contributed by atoms with E-state index < -0.39 is 0 Å². The maximum Gasteiger partial charge on any atom is 0.287 e. The number of nitrogens with one attached hydrogen (secondary N) is 1. The number of nitrogens with zero attached hydrogens (tertiary/aromatic N) is 2. The van der Waals surface area contributed by atoms with Gasteiger partial charge in [0.05, 0.1) is 11.9 Å². The van der Waals surface area contributed by atoms with Gasteiger partial charge in [0.25, 0.3) is 5.56 Å². The van der Waals surface area contributed by atoms with Crippen LogP contribution >= 0.6 is 11.6 Å². The number of rotatable bonds is 6. The topological polar surface area (TPSA) is 46.9 Å². The number of hydrogen-bond acceptors (Lipinski definition) is 3. The number of halogens is 1. The van der Waals surface area contributed by atoms with E-state index in [9.17, 15) is 4.79 Å². The molecular weight excluding hydrogens is 286 g/mol. The maximum atomic E-state index is 12.1. The van der Waals surface area contributed by atoms with E-state index in [-0.39, 0.29) is 10.6 Å². The van der Waals surface area contributed by atoms with Crippen LogP contribution in [0.2, 0.25) is 5.02 Å². The summed E-state index contributed by atoms with van der Waals surface area (Å²) in [5.74, 6) is 1.19. The standard InChI is InChI=1S/C16H26ClN3O/c1-12(2)11-20-16(21)15(17)14(10-19-20)18-9-8-13-6-4-3-5-7-13/h10,12-13,18H,3-9,11H2,1-2H3. The third-order valence-corrected chi connectivity index (χ3v) is 4.48. The van der Waals surface area contributed by atoms with Gasteiger partial charge in [-0.05, 0) is 18.3 Å². The van der Waals surface area contributed by atoms with Crippen LogP contribution in [0.15, 0.2) is 11.0 Å². The Labute approximate surface area is 131 Å². The van der Waals surface area contributed by atoms with E-state index in [1.807, 2.05) is 0 Å². The van der Waals surface area contributed by atoms with Crippen molar-refractivity contribution in [2.75, 3.05) is 11.9 Å². The molecule has 1 fully saturated rings. The van der Waals surface area contributed by atoms with Crippen molar-refractivity contribution >= 4 is 17.3 Å². The van der Waals surface area contributed by atoms with Gasteiger partial charge < -0.3 is 5.32 Å². The van der Waals surface area contributed by atoms with E-state index >= 15 is 0 Å². The molecule has 0 unspecified atom stereocenters. The Hall–Kier alpha value is -1.03. The summed E-state index contributed by atoms with van der Waals surface area (Å²) in [7, 11) is 0. The van der Waals surface area contributed by atoms with E-state index in [1.54, 1.807) is 6.20 Å². The highest BCUT2D eigenvalue weighted by molar-refractivity contribution is 6.32. The van der Waals surface area contributed by atoms with E-state index in [4.69, 9.17) is 11.6 Å². The molecular formula is C16H26ClN3O. The second-order valence-electron chi connectivity index (χ2n) is 6.47. The fourth-order valence-corrected chi connectivity index (χ4v) is 3.16. The van der Waals surface area contributed by atoms with Crippen molar-refractivity contribution in [3.05, 3.63) is 21.6 Å². The second-order valence-corrected chi connectivity index (χ2v) is 6.85. The molecule has 21 heavy (non-hydrogen) atoms. The minimum Gasteiger partial charge on any atom is -0.382 e. The van der Waals surface area contributed by atoms with Gasteiger partial charge >= 0.3 is 0 Å². The summed E-state index contributed by atoms with van der Waals surface area (Å²) in [6, 6.07) is 0. The summed E-state index contributed by atoms with van der Waals surface area (Å²) < 4.78 is 1.44. The lowest BCUT2D eigenvalue weighted by atomic mass is 9.87. The van der Waals surface area contributed by atoms with Gasteiger partial charge in [-0.15, -0.1) is 0 Å². The van der Waals surface area contributed by atoms with Crippen molar-refractivity contribution in [1.29, 1.82) is 0 Å². The fourth-order valence-electron chi connectivity index (χ4n) is 2.95. The Morgan fingerprint density at radius 2 is 2.10 bits per heavy atom. The highest BCUT2D eigenvalue weighted by Crippen LogP contribution is 2.26. The first-order valence-electron chi connectivity index (χ1n) is 8.07. The molecule has 0 radical (unpaired) electrons. The average Bonchev–Trinajstić information content (AvgIpc) is 2.47. The van der Waals surface area contributed by atoms with Gasteiger partial charge in [-0.1, -0.05) is 57.6 Å². The van der Waals surface area contributed by atoms with Crippen molar-refractivity contribution in [3.8, 4) is 0 Å². The molecule has 118 valence electrons. The van der Waals surface area contributed by atoms with E-state index in [0.29, 0.717) is 18.2 Å². The van der Waals surface area contributed by atoms with Crippen molar-refractivity contribution < 1.29 is 0 Å². The molecule has 1 aliphatic carbocycles. The fraction of sp³-hybridized carbons (Fsp3) is 0.750. The molecule has 5 heteroatoms. The Balaban J connectivity index is 1.91. The van der Waals surface area contributed by atoms with Crippen molar-refractivity contribution in [2.24, 2.45) is 11.8 Å². The van der Waals surface area contributed by atoms with Crippen LogP contribution in [0.25, 0.3) is 0 Å². The molecule has 0 aromatic carbocycles. The SMILES string of the molecule is CC(C)Cn1ncc(NCCC2CCCCC2)c(Cl)c1=O. The third-order valence-electron chi connectivity index (χ3n) is 4.12. The molecule has 0 atom stereocenters. The predicted molar refractivity (Wildman–Crippen MR) is 88.0 cm³/mol. The van der Waals surface area contributed by atoms with Gasteiger partial charge in [0.15, 0.2) is 0 Å². The summed E-state index contributed by atoms with van der Waals surface area (Å²) in [5.41, 5.74) is 0.463. The van der Waals surface area contributed by atoms with E-state index in [0.717, 1.165) is 18.9 Å². The van der Waals surface area contributed by atoms with Crippen LogP contribution in [0.5, 0.6) is 0 Å². The monoisotopic (exact) mass is 311 g/mol. The van der Waals surface area contributed by atoms with Crippen molar-refractivity contribution in [3.63, 3.8) is 0 Å². The number of aromatic nitrogens is 2. The van der Waals surface area contributed by atoms with Crippen LogP contribution < -0.4 is 10.9 Å². The normalized spacial score (nSPS) is 16.4. The summed E-state index contributed by atoms with van der Waals surface area (Å²) in [6.45, 7) is 5.57. The van der Waals surface area contributed by atoms with Gasteiger partial charge in [0.2, 0.25) is 0 Å².